The van der Waals surface area contributed by atoms with Crippen LogP contribution in [0.25, 0.3) is 33.4 Å². The molecular weight excluding hydrogens is 1820 g/mol. The SMILES string of the molecule is CCC[C@H]1CN(CC2=CCc3c(N)ccnc32)C[C@H]1O.CSC[C@H]1CN(CC2=CCc3c(N)ccnc32)C[C@H]1O.Nc1ccnc2c1CC=C2CN1C[C@H](CSC2CCCCCC2)[C@H](O)C1.Nc1ccnc2c1CC=C2[C@@H]1C[C@H](CSc2ccc(Cl)cc2)[C@H](O)C1O.Nc1ncnc2c1CC=C2CN1C[C@H](C2CCCC2)[C@@H](O)C1.Nc1ncnc2c1CC=C2CN1C[C@H](CSC2CCC2)[C@H](O)C1. The summed E-state index contributed by atoms with van der Waals surface area (Å²) in [5, 5.41) is 75.1. The molecule has 9 fully saturated rings. The first-order valence-electron chi connectivity index (χ1n) is 50.3. The minimum atomic E-state index is -0.772. The lowest BCUT2D eigenvalue weighted by Gasteiger charge is -2.26. The number of hydrogen-bond donors (Lipinski definition) is 13. The van der Waals surface area contributed by atoms with Gasteiger partial charge in [0, 0.05) is 246 Å². The van der Waals surface area contributed by atoms with E-state index in [1.165, 1.54) is 117 Å². The second kappa shape index (κ2) is 47.5. The van der Waals surface area contributed by atoms with E-state index in [0.29, 0.717) is 46.2 Å². The van der Waals surface area contributed by atoms with Crippen molar-refractivity contribution >= 4 is 126 Å². The predicted molar refractivity (Wildman–Crippen MR) is 562 cm³/mol. The normalized spacial score (nSPS) is 27.3. The molecule has 7 aromatic rings. The highest BCUT2D eigenvalue weighted by Crippen LogP contribution is 2.48. The third kappa shape index (κ3) is 24.8. The smallest absolute Gasteiger partial charge is 0.130 e. The van der Waals surface area contributed by atoms with Crippen LogP contribution in [0, 0.1) is 47.3 Å². The third-order valence-corrected chi connectivity index (χ3v) is 36.5. The maximum absolute atomic E-state index is 10.6. The summed E-state index contributed by atoms with van der Waals surface area (Å²) in [5.74, 6) is 7.89. The predicted octanol–water partition coefficient (Wildman–Crippen LogP) is 12.8. The van der Waals surface area contributed by atoms with Crippen molar-refractivity contribution in [3.05, 3.63) is 195 Å². The van der Waals surface area contributed by atoms with Gasteiger partial charge in [-0.1, -0.05) is 119 Å². The Morgan fingerprint density at radius 3 is 1.17 bits per heavy atom. The Morgan fingerprint density at radius 2 is 0.737 bits per heavy atom. The zero-order valence-electron chi connectivity index (χ0n) is 79.8. The lowest BCUT2D eigenvalue weighted by atomic mass is 9.88. The Kier molecular flexibility index (Phi) is 35.0. The Bertz CT molecular complexity index is 5370. The van der Waals surface area contributed by atoms with E-state index in [9.17, 15) is 35.7 Å². The van der Waals surface area contributed by atoms with Crippen LogP contribution in [0.1, 0.15) is 177 Å². The molecule has 14 atom stereocenters. The number of nitrogens with two attached hydrogens (primary N) is 6. The summed E-state index contributed by atoms with van der Waals surface area (Å²) >= 11 is 13.6. The summed E-state index contributed by atoms with van der Waals surface area (Å²) in [6, 6.07) is 15.1. The number of pyridine rings is 4. The van der Waals surface area contributed by atoms with Gasteiger partial charge in [-0.25, -0.2) is 19.9 Å². The second-order valence-electron chi connectivity index (χ2n) is 40.6. The number of rotatable bonds is 25. The molecule has 26 nitrogen and oxygen atoms in total. The molecule has 0 bridgehead atoms. The number of nitrogens with zero attached hydrogens (tertiary/aromatic N) is 13. The van der Waals surface area contributed by atoms with E-state index < -0.39 is 12.2 Å². The highest BCUT2D eigenvalue weighted by Gasteiger charge is 2.46. The number of thioether (sulfide) groups is 4. The summed E-state index contributed by atoms with van der Waals surface area (Å²) < 4.78 is 0. The van der Waals surface area contributed by atoms with Crippen LogP contribution < -0.4 is 34.4 Å². The van der Waals surface area contributed by atoms with Crippen molar-refractivity contribution in [1.29, 1.82) is 0 Å². The molecule has 31 heteroatoms. The molecule has 4 saturated carbocycles. The standard InChI is InChI=1S/C21H31N3OS.C20H21ClN2O2S.C17H24N4OS.C17H24N4O.C16H23N3O.C15H21N3OS/c22-19-9-10-23-21-15(7-8-18(19)21)11-24-12-16(20(25)13-24)14-26-17-5-3-1-2-4-6-17;21-12-1-3-13(4-2-12)26-10-11-9-16(20(25)19(11)24)14-5-6-15-17(22)7-8-23-18(14)15;18-17-14-5-4-11(16(14)19-10-20-17)6-21-7-12(15(22)8-21)9-23-13-2-1-3-13;18-17-13-6-5-12(16(13)19-10-20-17)7-21-8-14(15(22)9-21)11-3-1-2-4-11;1-2-3-11-8-19(10-15(11)20)9-12-4-5-13-14(17)6-7-18-16(12)13;1-20-9-11-7-18(8-14(11)19)6-10-2-3-12-13(16)4-5-17-15(10)12/h7,9-10,16-17,20,25H,1-6,8,11-14H2,(H2,22,23);1-5,7-8,11,16,19-20,24-25H,6,9-10H2,(H2,22,23);4,10,12-13,15,22H,1-3,5-9H2,(H2,18,19,20);5,10-11,14-15,22H,1-4,6-9H2,(H2,18,19,20);4,6-7,11,15,20H,2-3,5,8-10H2,1H3,(H2,17,18);2,4-5,11,14,19H,3,6-9H2,1H3,(H2,16,17)/t16-,20-;11-,16+,19+,20?;12-,15-;14-,15+;11-,15+;11-,14-/m111101/s1. The number of allylic oxidation sites excluding steroid dienone is 6. The van der Waals surface area contributed by atoms with Gasteiger partial charge in [-0.2, -0.15) is 35.3 Å². The zero-order valence-corrected chi connectivity index (χ0v) is 83.8. The molecular formula is C106H144ClN19O7S4. The summed E-state index contributed by atoms with van der Waals surface area (Å²) in [4.78, 5) is 47.9. The summed E-state index contributed by atoms with van der Waals surface area (Å²) in [5.41, 5.74) is 59.2. The van der Waals surface area contributed by atoms with Gasteiger partial charge in [0.2, 0.25) is 0 Å². The molecule has 0 amide bonds. The zero-order chi connectivity index (χ0) is 95.3. The van der Waals surface area contributed by atoms with E-state index in [4.69, 9.17) is 46.0 Å². The summed E-state index contributed by atoms with van der Waals surface area (Å²) in [6.07, 6.45) is 48.8. The molecule has 0 spiro atoms. The largest absolute Gasteiger partial charge is 0.398 e. The van der Waals surface area contributed by atoms with Crippen molar-refractivity contribution in [1.82, 2.24) is 64.4 Å². The summed E-state index contributed by atoms with van der Waals surface area (Å²) in [7, 11) is 0. The van der Waals surface area contributed by atoms with E-state index >= 15 is 0 Å². The number of likely N-dealkylation sites (tertiary alicyclic amines) is 5. The van der Waals surface area contributed by atoms with Crippen LogP contribution in [0.5, 0.6) is 0 Å². The van der Waals surface area contributed by atoms with Crippen molar-refractivity contribution in [3.63, 3.8) is 0 Å². The molecule has 15 aliphatic rings. The number of nitrogen functional groups attached to an aromatic ring is 6. The van der Waals surface area contributed by atoms with E-state index in [-0.39, 0.29) is 42.4 Å². The van der Waals surface area contributed by atoms with Crippen LogP contribution >= 0.6 is 58.6 Å². The average Bonchev–Trinajstić information content (AvgIpc) is 1.63. The summed E-state index contributed by atoms with van der Waals surface area (Å²) in [6.45, 7) is 15.3. The van der Waals surface area contributed by atoms with Crippen LogP contribution in [0.2, 0.25) is 5.02 Å². The molecule has 22 rings (SSSR count). The van der Waals surface area contributed by atoms with Gasteiger partial charge in [0.15, 0.2) is 0 Å². The number of β-amino-alcohol motifs (C(OH)–C–C–N with tert-alkyl or cyclic N) is 5. The number of aliphatic hydroxyl groups excluding tert-OH is 7. The van der Waals surface area contributed by atoms with Gasteiger partial charge in [-0.15, -0.1) is 11.8 Å². The maximum atomic E-state index is 10.6. The van der Waals surface area contributed by atoms with Gasteiger partial charge < -0.3 is 70.1 Å². The Morgan fingerprint density at radius 1 is 0.365 bits per heavy atom. The number of hydrogen-bond acceptors (Lipinski definition) is 30. The number of fused-ring (bicyclic) bond motifs is 6. The topological polar surface area (TPSA) is 417 Å². The first kappa shape index (κ1) is 101. The molecule has 1 aromatic carbocycles. The molecule has 10 aliphatic carbocycles. The van der Waals surface area contributed by atoms with E-state index in [1.807, 2.05) is 54.2 Å². The van der Waals surface area contributed by atoms with Gasteiger partial charge in [-0.05, 0) is 189 Å². The van der Waals surface area contributed by atoms with Crippen LogP contribution in [0.3, 0.4) is 0 Å². The molecule has 0 radical (unpaired) electrons. The Labute approximate surface area is 831 Å². The van der Waals surface area contributed by atoms with Crippen molar-refractivity contribution in [2.24, 2.45) is 47.3 Å². The van der Waals surface area contributed by atoms with Gasteiger partial charge in [0.05, 0.1) is 76.9 Å². The molecule has 137 heavy (non-hydrogen) atoms. The van der Waals surface area contributed by atoms with Crippen LogP contribution in [-0.2, 0) is 38.5 Å². The molecule has 11 heterocycles. The second-order valence-corrected chi connectivity index (χ2v) is 45.7. The first-order chi connectivity index (χ1) is 66.5. The Balaban J connectivity index is 0.000000114. The van der Waals surface area contributed by atoms with Crippen molar-refractivity contribution in [3.8, 4) is 0 Å². The maximum Gasteiger partial charge on any atom is 0.130 e. The first-order valence-corrected chi connectivity index (χ1v) is 55.2. The molecule has 6 aromatic heterocycles. The fraction of sp³-hybridized carbons (Fsp3) is 0.566. The van der Waals surface area contributed by atoms with E-state index in [0.717, 1.165) is 291 Å². The van der Waals surface area contributed by atoms with Crippen molar-refractivity contribution in [2.75, 3.05) is 162 Å². The van der Waals surface area contributed by atoms with Gasteiger partial charge in [0.1, 0.15) is 24.3 Å². The monoisotopic (exact) mass is 1960 g/mol. The fourth-order valence-electron chi connectivity index (χ4n) is 23.2. The lowest BCUT2D eigenvalue weighted by Crippen LogP contribution is -2.29. The molecule has 5 saturated heterocycles. The van der Waals surface area contributed by atoms with Crippen molar-refractivity contribution in [2.45, 2.75) is 206 Å². The molecule has 5 aliphatic heterocycles. The highest BCUT2D eigenvalue weighted by molar-refractivity contribution is 8.00. The number of anilines is 6. The van der Waals surface area contributed by atoms with Crippen molar-refractivity contribution < 1.29 is 35.7 Å². The van der Waals surface area contributed by atoms with E-state index in [2.05, 4.69) is 138 Å². The van der Waals surface area contributed by atoms with E-state index in [1.54, 1.807) is 55.3 Å². The molecule has 1 unspecified atom stereocenters. The van der Waals surface area contributed by atoms with Gasteiger partial charge in [0.25, 0.3) is 0 Å². The molecule has 736 valence electrons. The highest BCUT2D eigenvalue weighted by atomic mass is 35.5. The van der Waals surface area contributed by atoms with Gasteiger partial charge >= 0.3 is 0 Å². The number of aromatic nitrogens is 8. The van der Waals surface area contributed by atoms with Gasteiger partial charge in [-0.3, -0.25) is 44.4 Å². The third-order valence-electron chi connectivity index (χ3n) is 31.2. The average molecular weight is 1960 g/mol. The van der Waals surface area contributed by atoms with Crippen LogP contribution in [0.4, 0.5) is 34.4 Å². The fourth-order valence-corrected chi connectivity index (χ4v) is 28.2. The number of aliphatic hydroxyl groups is 7. The molecule has 19 N–H and O–H groups in total. The minimum absolute atomic E-state index is 0.0293. The quantitative estimate of drug-likeness (QED) is 0.0187. The number of halogens is 1. The minimum Gasteiger partial charge on any atom is -0.398 e. The number of benzene rings is 1. The van der Waals surface area contributed by atoms with Crippen LogP contribution in [-0.4, -0.2) is 281 Å². The lowest BCUT2D eigenvalue weighted by molar-refractivity contribution is 0.0160. The Hall–Kier alpha value is -7.57. The van der Waals surface area contributed by atoms with Crippen LogP contribution in [0.15, 0.2) is 127 Å².